The quantitative estimate of drug-likeness (QED) is 0.556. The van der Waals surface area contributed by atoms with E-state index in [0.29, 0.717) is 19.0 Å². The molecule has 3 heterocycles. The molecule has 28 heavy (non-hydrogen) atoms. The summed E-state index contributed by atoms with van der Waals surface area (Å²) < 4.78 is 1.76. The first-order chi connectivity index (χ1) is 13.7. The fourth-order valence-electron chi connectivity index (χ4n) is 3.14. The van der Waals surface area contributed by atoms with Crippen LogP contribution in [0.25, 0.3) is 27.8 Å². The molecule has 3 aromatic heterocycles. The number of imidazole rings is 1. The highest BCUT2D eigenvalue weighted by Crippen LogP contribution is 2.29. The second-order valence-corrected chi connectivity index (χ2v) is 6.27. The molecule has 1 aromatic carbocycles. The molecule has 0 saturated heterocycles. The number of anilines is 1. The minimum Gasteiger partial charge on any atom is -0.325 e. The third-order valence-corrected chi connectivity index (χ3v) is 4.59. The molecule has 2 N–H and O–H groups in total. The molecule has 4 rings (SSSR count). The second kappa shape index (κ2) is 7.51. The van der Waals surface area contributed by atoms with E-state index in [1.165, 1.54) is 0 Å². The van der Waals surface area contributed by atoms with Crippen molar-refractivity contribution >= 4 is 23.0 Å². The standard InChI is InChI=1S/C20H21N7O/c1-3-26(4-2)20(28)25-19-23-16-11-15(14-7-5-8-21-13-14)12-17(18(16)24-19)27-10-6-9-22-27/h5-13H,3-4H2,1-2H3,(H2,23,24,25,28). The number of rotatable bonds is 5. The van der Waals surface area contributed by atoms with Crippen LogP contribution < -0.4 is 5.32 Å². The zero-order chi connectivity index (χ0) is 19.5. The SMILES string of the molecule is CCN(CC)C(=O)Nc1nc2c(-n3cccn3)cc(-c3cccnc3)cc2[nH]1. The van der Waals surface area contributed by atoms with Crippen molar-refractivity contribution in [1.29, 1.82) is 0 Å². The van der Waals surface area contributed by atoms with E-state index >= 15 is 0 Å². The Morgan fingerprint density at radius 2 is 2.04 bits per heavy atom. The Morgan fingerprint density at radius 3 is 2.71 bits per heavy atom. The number of fused-ring (bicyclic) bond motifs is 1. The number of hydrogen-bond donors (Lipinski definition) is 2. The van der Waals surface area contributed by atoms with Gasteiger partial charge in [0.2, 0.25) is 5.95 Å². The van der Waals surface area contributed by atoms with Crippen molar-refractivity contribution in [3.63, 3.8) is 0 Å². The molecule has 8 nitrogen and oxygen atoms in total. The number of nitrogens with one attached hydrogen (secondary N) is 2. The normalized spacial score (nSPS) is 10.9. The number of carbonyl (C=O) groups excluding carboxylic acids is 1. The fourth-order valence-corrected chi connectivity index (χ4v) is 3.14. The van der Waals surface area contributed by atoms with Crippen LogP contribution in [0.1, 0.15) is 13.8 Å². The minimum atomic E-state index is -0.183. The van der Waals surface area contributed by atoms with Gasteiger partial charge in [0.25, 0.3) is 0 Å². The average molecular weight is 375 g/mol. The molecular formula is C20H21N7O. The van der Waals surface area contributed by atoms with Gasteiger partial charge in [0.1, 0.15) is 5.52 Å². The lowest BCUT2D eigenvalue weighted by Gasteiger charge is -2.17. The Labute approximate surface area is 162 Å². The van der Waals surface area contributed by atoms with Crippen molar-refractivity contribution < 1.29 is 4.79 Å². The summed E-state index contributed by atoms with van der Waals surface area (Å²) in [6.07, 6.45) is 7.14. The number of pyridine rings is 1. The molecule has 2 amide bonds. The number of benzene rings is 1. The summed E-state index contributed by atoms with van der Waals surface area (Å²) in [4.78, 5) is 26.1. The Hall–Kier alpha value is -3.68. The van der Waals surface area contributed by atoms with Crippen LogP contribution in [0.15, 0.2) is 55.1 Å². The Balaban J connectivity index is 1.80. The van der Waals surface area contributed by atoms with Crippen molar-refractivity contribution in [1.82, 2.24) is 29.6 Å². The molecule has 142 valence electrons. The third-order valence-electron chi connectivity index (χ3n) is 4.59. The van der Waals surface area contributed by atoms with Crippen LogP contribution in [0, 0.1) is 0 Å². The highest BCUT2D eigenvalue weighted by molar-refractivity contribution is 5.94. The Morgan fingerprint density at radius 1 is 1.18 bits per heavy atom. The molecule has 0 saturated carbocycles. The van der Waals surface area contributed by atoms with Gasteiger partial charge in [-0.3, -0.25) is 10.3 Å². The van der Waals surface area contributed by atoms with Crippen molar-refractivity contribution in [3.05, 3.63) is 55.1 Å². The molecule has 0 atom stereocenters. The molecule has 0 bridgehead atoms. The summed E-state index contributed by atoms with van der Waals surface area (Å²) in [7, 11) is 0. The molecule has 0 spiro atoms. The summed E-state index contributed by atoms with van der Waals surface area (Å²) in [5.74, 6) is 0.406. The largest absolute Gasteiger partial charge is 0.325 e. The van der Waals surface area contributed by atoms with E-state index in [1.807, 2.05) is 56.6 Å². The Bertz CT molecular complexity index is 1080. The van der Waals surface area contributed by atoms with Crippen LogP contribution in [0.3, 0.4) is 0 Å². The molecule has 0 fully saturated rings. The average Bonchev–Trinajstić information content (AvgIpc) is 3.38. The van der Waals surface area contributed by atoms with Crippen LogP contribution in [-0.4, -0.2) is 48.8 Å². The highest BCUT2D eigenvalue weighted by Gasteiger charge is 2.16. The van der Waals surface area contributed by atoms with Gasteiger partial charge in [-0.05, 0) is 43.7 Å². The van der Waals surface area contributed by atoms with Gasteiger partial charge in [-0.25, -0.2) is 14.5 Å². The Kier molecular flexibility index (Phi) is 4.76. The fraction of sp³-hybridized carbons (Fsp3) is 0.200. The van der Waals surface area contributed by atoms with Crippen molar-refractivity contribution in [2.75, 3.05) is 18.4 Å². The topological polar surface area (TPSA) is 91.7 Å². The van der Waals surface area contributed by atoms with E-state index in [1.54, 1.807) is 22.0 Å². The van der Waals surface area contributed by atoms with Crippen LogP contribution in [-0.2, 0) is 0 Å². The van der Waals surface area contributed by atoms with E-state index < -0.39 is 0 Å². The highest BCUT2D eigenvalue weighted by atomic mass is 16.2. The van der Waals surface area contributed by atoms with Gasteiger partial charge in [-0.15, -0.1) is 0 Å². The van der Waals surface area contributed by atoms with E-state index in [9.17, 15) is 4.79 Å². The molecular weight excluding hydrogens is 354 g/mol. The molecule has 0 radical (unpaired) electrons. The summed E-state index contributed by atoms with van der Waals surface area (Å²) in [5.41, 5.74) is 4.33. The molecule has 0 aliphatic heterocycles. The lowest BCUT2D eigenvalue weighted by molar-refractivity contribution is 0.217. The third kappa shape index (κ3) is 3.32. The van der Waals surface area contributed by atoms with Gasteiger partial charge in [0, 0.05) is 43.4 Å². The van der Waals surface area contributed by atoms with Crippen LogP contribution in [0.2, 0.25) is 0 Å². The number of H-pyrrole nitrogens is 1. The van der Waals surface area contributed by atoms with E-state index in [4.69, 9.17) is 0 Å². The summed E-state index contributed by atoms with van der Waals surface area (Å²) in [5, 5.41) is 7.19. The zero-order valence-corrected chi connectivity index (χ0v) is 15.8. The second-order valence-electron chi connectivity index (χ2n) is 6.27. The number of hydrogen-bond acceptors (Lipinski definition) is 4. The lowest BCUT2D eigenvalue weighted by Crippen LogP contribution is -2.34. The van der Waals surface area contributed by atoms with Gasteiger partial charge in [-0.2, -0.15) is 5.10 Å². The van der Waals surface area contributed by atoms with E-state index in [2.05, 4.69) is 25.4 Å². The zero-order valence-electron chi connectivity index (χ0n) is 15.8. The van der Waals surface area contributed by atoms with E-state index in [-0.39, 0.29) is 6.03 Å². The first-order valence-corrected chi connectivity index (χ1v) is 9.19. The predicted octanol–water partition coefficient (Wildman–Crippen LogP) is 3.68. The monoisotopic (exact) mass is 375 g/mol. The number of nitrogens with zero attached hydrogens (tertiary/aromatic N) is 5. The van der Waals surface area contributed by atoms with Gasteiger partial charge >= 0.3 is 6.03 Å². The minimum absolute atomic E-state index is 0.183. The van der Waals surface area contributed by atoms with Crippen molar-refractivity contribution in [2.45, 2.75) is 13.8 Å². The maximum atomic E-state index is 12.4. The van der Waals surface area contributed by atoms with Gasteiger partial charge in [-0.1, -0.05) is 6.07 Å². The van der Waals surface area contributed by atoms with Gasteiger partial charge in [0.05, 0.1) is 11.2 Å². The smallest absolute Gasteiger partial charge is 0.324 e. The first-order valence-electron chi connectivity index (χ1n) is 9.19. The maximum absolute atomic E-state index is 12.4. The molecule has 0 unspecified atom stereocenters. The van der Waals surface area contributed by atoms with E-state index in [0.717, 1.165) is 27.8 Å². The summed E-state index contributed by atoms with van der Waals surface area (Å²) >= 11 is 0. The van der Waals surface area contributed by atoms with Gasteiger partial charge < -0.3 is 9.88 Å². The van der Waals surface area contributed by atoms with Crippen molar-refractivity contribution in [3.8, 4) is 16.8 Å². The van der Waals surface area contributed by atoms with Crippen LogP contribution in [0.5, 0.6) is 0 Å². The van der Waals surface area contributed by atoms with Crippen LogP contribution in [0.4, 0.5) is 10.7 Å². The number of amides is 2. The summed E-state index contributed by atoms with van der Waals surface area (Å²) in [6, 6.07) is 9.59. The van der Waals surface area contributed by atoms with Crippen molar-refractivity contribution in [2.24, 2.45) is 0 Å². The molecule has 0 aliphatic carbocycles. The maximum Gasteiger partial charge on any atom is 0.324 e. The number of carbonyl (C=O) groups is 1. The van der Waals surface area contributed by atoms with Gasteiger partial charge in [0.15, 0.2) is 0 Å². The number of urea groups is 1. The molecule has 4 aromatic rings. The molecule has 8 heteroatoms. The number of aromatic amines is 1. The lowest BCUT2D eigenvalue weighted by atomic mass is 10.1. The van der Waals surface area contributed by atoms with Crippen LogP contribution >= 0.6 is 0 Å². The first kappa shape index (κ1) is 17.7. The molecule has 0 aliphatic rings. The number of aromatic nitrogens is 5. The predicted molar refractivity (Wildman–Crippen MR) is 108 cm³/mol. The summed E-state index contributed by atoms with van der Waals surface area (Å²) in [6.45, 7) is 5.15.